The summed E-state index contributed by atoms with van der Waals surface area (Å²) in [6, 6.07) is 0. The van der Waals surface area contributed by atoms with Crippen LogP contribution in [-0.2, 0) is 9.59 Å². The third-order valence-electron chi connectivity index (χ3n) is 4.55. The summed E-state index contributed by atoms with van der Waals surface area (Å²) in [5, 5.41) is 0.0705. The van der Waals surface area contributed by atoms with Crippen molar-refractivity contribution in [2.45, 2.75) is 98.3 Å². The molecule has 0 bridgehead atoms. The van der Waals surface area contributed by atoms with Crippen LogP contribution in [0.5, 0.6) is 0 Å². The van der Waals surface area contributed by atoms with Gasteiger partial charge in [-0.05, 0) is 80.1 Å². The molecular formula is C26H42Cl2O2. The second-order valence-electron chi connectivity index (χ2n) is 8.16. The van der Waals surface area contributed by atoms with Crippen molar-refractivity contribution in [1.82, 2.24) is 0 Å². The molecule has 0 saturated heterocycles. The number of carbonyl (C=O) groups is 2. The van der Waals surface area contributed by atoms with Crippen LogP contribution >= 0.6 is 23.2 Å². The maximum Gasteiger partial charge on any atom is 0.130 e. The molecule has 0 radical (unpaired) electrons. The van der Waals surface area contributed by atoms with Gasteiger partial charge in [-0.2, -0.15) is 0 Å². The van der Waals surface area contributed by atoms with E-state index >= 15 is 0 Å². The SMILES string of the molecule is C=C(C)C(Cl)CCC(C)=CCCC(C)=O.CC(=O)CCC=C(C)CCC=C(C)CCl. The first kappa shape index (κ1) is 31.1. The molecular weight excluding hydrogens is 415 g/mol. The van der Waals surface area contributed by atoms with Crippen molar-refractivity contribution in [1.29, 1.82) is 0 Å². The van der Waals surface area contributed by atoms with Crippen LogP contribution in [-0.4, -0.2) is 22.8 Å². The molecule has 0 aliphatic rings. The average Bonchev–Trinajstić information content (AvgIpc) is 2.65. The van der Waals surface area contributed by atoms with Gasteiger partial charge in [-0.3, -0.25) is 0 Å². The lowest BCUT2D eigenvalue weighted by Crippen LogP contribution is -1.99. The summed E-state index contributed by atoms with van der Waals surface area (Å²) in [4.78, 5) is 21.4. The Labute approximate surface area is 195 Å². The van der Waals surface area contributed by atoms with E-state index in [0.29, 0.717) is 18.7 Å². The number of ketones is 2. The highest BCUT2D eigenvalue weighted by atomic mass is 35.5. The quantitative estimate of drug-likeness (QED) is 0.193. The molecule has 0 aliphatic carbocycles. The lowest BCUT2D eigenvalue weighted by molar-refractivity contribution is -0.117. The van der Waals surface area contributed by atoms with Gasteiger partial charge < -0.3 is 9.59 Å². The zero-order chi connectivity index (χ0) is 23.5. The first-order chi connectivity index (χ1) is 14.0. The number of allylic oxidation sites excluding steroid dienone is 7. The van der Waals surface area contributed by atoms with Gasteiger partial charge in [-0.15, -0.1) is 23.2 Å². The Morgan fingerprint density at radius 2 is 1.13 bits per heavy atom. The minimum Gasteiger partial charge on any atom is -0.300 e. The van der Waals surface area contributed by atoms with Gasteiger partial charge in [-0.1, -0.05) is 47.1 Å². The van der Waals surface area contributed by atoms with Gasteiger partial charge in [0.15, 0.2) is 0 Å². The summed E-state index contributed by atoms with van der Waals surface area (Å²) < 4.78 is 0. The molecule has 172 valence electrons. The number of halogens is 2. The van der Waals surface area contributed by atoms with E-state index in [1.165, 1.54) is 16.7 Å². The number of Topliss-reactive ketones (excluding diaryl/α,β-unsaturated/α-hetero) is 2. The minimum atomic E-state index is 0.0705. The zero-order valence-electron chi connectivity index (χ0n) is 20.0. The van der Waals surface area contributed by atoms with E-state index in [1.54, 1.807) is 13.8 Å². The van der Waals surface area contributed by atoms with E-state index in [2.05, 4.69) is 38.7 Å². The Morgan fingerprint density at radius 3 is 1.53 bits per heavy atom. The fraction of sp³-hybridized carbons (Fsp3) is 0.615. The zero-order valence-corrected chi connectivity index (χ0v) is 21.5. The lowest BCUT2D eigenvalue weighted by Gasteiger charge is -2.08. The fourth-order valence-electron chi connectivity index (χ4n) is 2.45. The van der Waals surface area contributed by atoms with Crippen LogP contribution in [0.1, 0.15) is 92.9 Å². The summed E-state index contributed by atoms with van der Waals surface area (Å²) >= 11 is 11.7. The highest BCUT2D eigenvalue weighted by Gasteiger charge is 2.04. The Balaban J connectivity index is 0. The second kappa shape index (κ2) is 19.8. The third kappa shape index (κ3) is 23.2. The van der Waals surface area contributed by atoms with Crippen LogP contribution in [0.4, 0.5) is 0 Å². The molecule has 0 aromatic heterocycles. The van der Waals surface area contributed by atoms with Gasteiger partial charge in [0.25, 0.3) is 0 Å². The van der Waals surface area contributed by atoms with Gasteiger partial charge in [-0.25, -0.2) is 0 Å². The maximum absolute atomic E-state index is 10.7. The molecule has 1 atom stereocenters. The molecule has 0 amide bonds. The van der Waals surface area contributed by atoms with Crippen LogP contribution < -0.4 is 0 Å². The molecule has 4 heteroatoms. The van der Waals surface area contributed by atoms with Crippen molar-refractivity contribution >= 4 is 34.8 Å². The number of hydrogen-bond acceptors (Lipinski definition) is 2. The Morgan fingerprint density at radius 1 is 0.733 bits per heavy atom. The van der Waals surface area contributed by atoms with E-state index in [4.69, 9.17) is 23.2 Å². The number of rotatable bonds is 14. The van der Waals surface area contributed by atoms with Crippen LogP contribution in [0.25, 0.3) is 0 Å². The predicted octanol–water partition coefficient (Wildman–Crippen LogP) is 8.53. The Hall–Kier alpha value is -1.12. The number of carbonyl (C=O) groups excluding carboxylic acids is 2. The topological polar surface area (TPSA) is 34.1 Å². The second-order valence-corrected chi connectivity index (χ2v) is 8.95. The number of hydrogen-bond donors (Lipinski definition) is 0. The van der Waals surface area contributed by atoms with Gasteiger partial charge in [0.2, 0.25) is 0 Å². The maximum atomic E-state index is 10.7. The van der Waals surface area contributed by atoms with Crippen LogP contribution in [0.2, 0.25) is 0 Å². The van der Waals surface area contributed by atoms with E-state index in [-0.39, 0.29) is 16.9 Å². The summed E-state index contributed by atoms with van der Waals surface area (Å²) in [6.07, 6.45) is 13.5. The average molecular weight is 458 g/mol. The first-order valence-corrected chi connectivity index (χ1v) is 11.8. The lowest BCUT2D eigenvalue weighted by atomic mass is 10.0. The van der Waals surface area contributed by atoms with E-state index < -0.39 is 0 Å². The predicted molar refractivity (Wildman–Crippen MR) is 135 cm³/mol. The van der Waals surface area contributed by atoms with Crippen molar-refractivity contribution < 1.29 is 9.59 Å². The standard InChI is InChI=1S/2C13H21ClO/c1-10(2)13(14)9-8-11(3)6-5-7-12(4)15;1-11(7-5-9-13(3)15)6-4-8-12(2)10-14/h6,13H,1,5,7-9H2,2-4H3;7-8H,4-6,9-10H2,1-3H3. The highest BCUT2D eigenvalue weighted by Crippen LogP contribution is 2.17. The smallest absolute Gasteiger partial charge is 0.130 e. The third-order valence-corrected chi connectivity index (χ3v) is 5.56. The van der Waals surface area contributed by atoms with Crippen LogP contribution in [0.15, 0.2) is 47.1 Å². The molecule has 0 fully saturated rings. The molecule has 0 aromatic carbocycles. The Kier molecular flexibility index (Phi) is 20.5. The highest BCUT2D eigenvalue weighted by molar-refractivity contribution is 6.22. The molecule has 0 aromatic rings. The van der Waals surface area contributed by atoms with E-state index in [0.717, 1.165) is 44.1 Å². The summed E-state index contributed by atoms with van der Waals surface area (Å²) in [5.74, 6) is 1.13. The largest absolute Gasteiger partial charge is 0.300 e. The minimum absolute atomic E-state index is 0.0705. The summed E-state index contributed by atoms with van der Waals surface area (Å²) in [6.45, 7) is 15.3. The van der Waals surface area contributed by atoms with Crippen LogP contribution in [0, 0.1) is 0 Å². The molecule has 0 rings (SSSR count). The summed E-state index contributed by atoms with van der Waals surface area (Å²) in [5.41, 5.74) is 4.92. The molecule has 0 saturated carbocycles. The molecule has 0 N–H and O–H groups in total. The Bertz CT molecular complexity index is 613. The normalized spacial score (nSPS) is 13.4. The van der Waals surface area contributed by atoms with Crippen molar-refractivity contribution in [3.8, 4) is 0 Å². The fourth-order valence-corrected chi connectivity index (χ4v) is 2.67. The summed E-state index contributed by atoms with van der Waals surface area (Å²) in [7, 11) is 0. The van der Waals surface area contributed by atoms with Gasteiger partial charge in [0, 0.05) is 18.7 Å². The monoisotopic (exact) mass is 456 g/mol. The molecule has 0 spiro atoms. The molecule has 0 heterocycles. The van der Waals surface area contributed by atoms with Crippen molar-refractivity contribution in [3.63, 3.8) is 0 Å². The number of alkyl halides is 2. The molecule has 1 unspecified atom stereocenters. The van der Waals surface area contributed by atoms with Crippen molar-refractivity contribution in [3.05, 3.63) is 47.1 Å². The van der Waals surface area contributed by atoms with E-state index in [1.807, 2.05) is 13.8 Å². The molecule has 30 heavy (non-hydrogen) atoms. The van der Waals surface area contributed by atoms with Crippen molar-refractivity contribution in [2.24, 2.45) is 0 Å². The van der Waals surface area contributed by atoms with Gasteiger partial charge in [0.05, 0.1) is 5.38 Å². The molecule has 0 aliphatic heterocycles. The first-order valence-electron chi connectivity index (χ1n) is 10.8. The van der Waals surface area contributed by atoms with Gasteiger partial charge >= 0.3 is 0 Å². The van der Waals surface area contributed by atoms with E-state index in [9.17, 15) is 9.59 Å². The van der Waals surface area contributed by atoms with Crippen LogP contribution in [0.3, 0.4) is 0 Å². The molecule has 2 nitrogen and oxygen atoms in total. The van der Waals surface area contributed by atoms with Gasteiger partial charge in [0.1, 0.15) is 11.6 Å². The van der Waals surface area contributed by atoms with Crippen molar-refractivity contribution in [2.75, 3.05) is 5.88 Å².